The molecule has 0 radical (unpaired) electrons. The molecule has 1 aromatic rings. The van der Waals surface area contributed by atoms with E-state index in [-0.39, 0.29) is 7.12 Å². The molecule has 0 unspecified atom stereocenters. The number of rotatable bonds is 1. The van der Waals surface area contributed by atoms with Crippen LogP contribution >= 0.6 is 0 Å². The normalized spacial score (nSPS) is 15.5. The van der Waals surface area contributed by atoms with Gasteiger partial charge in [-0.25, -0.2) is 0 Å². The van der Waals surface area contributed by atoms with Crippen LogP contribution in [0.5, 0.6) is 0 Å². The molecule has 1 saturated heterocycles. The third-order valence-electron chi connectivity index (χ3n) is 1.88. The van der Waals surface area contributed by atoms with Crippen LogP contribution in [0.2, 0.25) is 0 Å². The van der Waals surface area contributed by atoms with Crippen LogP contribution in [-0.2, 0) is 9.31 Å². The molecule has 0 bridgehead atoms. The van der Waals surface area contributed by atoms with Crippen molar-refractivity contribution in [2.75, 3.05) is 0 Å². The number of benzene rings is 1. The molecule has 1 aromatic carbocycles. The summed E-state index contributed by atoms with van der Waals surface area (Å²) in [6.07, 6.45) is 0. The van der Waals surface area contributed by atoms with E-state index < -0.39 is 0 Å². The van der Waals surface area contributed by atoms with E-state index in [0.717, 1.165) is 5.46 Å². The Morgan fingerprint density at radius 2 is 1.46 bits per heavy atom. The smallest absolute Gasteiger partial charge is 0.520 e. The van der Waals surface area contributed by atoms with Crippen molar-refractivity contribution in [1.29, 1.82) is 0 Å². The van der Waals surface area contributed by atoms with E-state index in [2.05, 4.69) is 13.2 Å². The lowest BCUT2D eigenvalue weighted by Crippen LogP contribution is -2.30. The fraction of sp³-hybridized carbons (Fsp3) is 0. The van der Waals surface area contributed by atoms with Crippen LogP contribution in [0, 0.1) is 0 Å². The first-order valence-electron chi connectivity index (χ1n) is 4.04. The van der Waals surface area contributed by atoms with Gasteiger partial charge in [0.25, 0.3) is 0 Å². The molecule has 0 aromatic heterocycles. The summed E-state index contributed by atoms with van der Waals surface area (Å²) < 4.78 is 10.7. The summed E-state index contributed by atoms with van der Waals surface area (Å²) in [7, 11) is -0.374. The van der Waals surface area contributed by atoms with Crippen LogP contribution in [-0.4, -0.2) is 7.12 Å². The Balaban J connectivity index is 2.21. The van der Waals surface area contributed by atoms with Crippen LogP contribution in [0.4, 0.5) is 0 Å². The fourth-order valence-corrected chi connectivity index (χ4v) is 1.16. The Bertz CT molecular complexity index is 329. The van der Waals surface area contributed by atoms with Crippen molar-refractivity contribution in [2.24, 2.45) is 0 Å². The van der Waals surface area contributed by atoms with Crippen LogP contribution in [0.15, 0.2) is 55.0 Å². The van der Waals surface area contributed by atoms with Crippen molar-refractivity contribution in [2.45, 2.75) is 0 Å². The molecule has 1 heterocycles. The van der Waals surface area contributed by atoms with Crippen molar-refractivity contribution in [3.63, 3.8) is 0 Å². The molecular weight excluding hydrogens is 163 g/mol. The first kappa shape index (κ1) is 7.99. The maximum atomic E-state index is 5.34. The summed E-state index contributed by atoms with van der Waals surface area (Å²) in [4.78, 5) is 0. The maximum Gasteiger partial charge on any atom is 0.632 e. The van der Waals surface area contributed by atoms with E-state index in [1.54, 1.807) is 0 Å². The molecule has 2 nitrogen and oxygen atoms in total. The van der Waals surface area contributed by atoms with Crippen LogP contribution < -0.4 is 5.46 Å². The average molecular weight is 172 g/mol. The van der Waals surface area contributed by atoms with Gasteiger partial charge in [0, 0.05) is 5.46 Å². The maximum absolute atomic E-state index is 5.34. The monoisotopic (exact) mass is 172 g/mol. The van der Waals surface area contributed by atoms with Crippen LogP contribution in [0.1, 0.15) is 0 Å². The molecule has 2 rings (SSSR count). The van der Waals surface area contributed by atoms with Crippen molar-refractivity contribution in [3.8, 4) is 0 Å². The molecule has 0 atom stereocenters. The van der Waals surface area contributed by atoms with Gasteiger partial charge < -0.3 is 9.31 Å². The van der Waals surface area contributed by atoms with Gasteiger partial charge in [-0.05, 0) is 0 Å². The number of hydrogen-bond acceptors (Lipinski definition) is 2. The first-order chi connectivity index (χ1) is 6.27. The van der Waals surface area contributed by atoms with Crippen molar-refractivity contribution in [1.82, 2.24) is 0 Å². The van der Waals surface area contributed by atoms with E-state index in [0.29, 0.717) is 11.5 Å². The van der Waals surface area contributed by atoms with Gasteiger partial charge in [0.1, 0.15) is 11.5 Å². The molecule has 64 valence electrons. The zero-order valence-electron chi connectivity index (χ0n) is 7.19. The molecule has 0 aliphatic carbocycles. The van der Waals surface area contributed by atoms with Crippen LogP contribution in [0.3, 0.4) is 0 Å². The Morgan fingerprint density at radius 1 is 0.923 bits per heavy atom. The first-order valence-corrected chi connectivity index (χ1v) is 4.04. The Hall–Kier alpha value is -1.64. The Morgan fingerprint density at radius 3 is 2.00 bits per heavy atom. The Kier molecular flexibility index (Phi) is 1.85. The summed E-state index contributed by atoms with van der Waals surface area (Å²) in [5.41, 5.74) is 0.974. The minimum Gasteiger partial charge on any atom is -0.520 e. The van der Waals surface area contributed by atoms with Gasteiger partial charge in [-0.15, -0.1) is 0 Å². The summed E-state index contributed by atoms with van der Waals surface area (Å²) in [5.74, 6) is 1.02. The standard InChI is InChI=1S/C10H9BO2/c1-8-9(2)13-11(12-8)10-6-4-3-5-7-10/h3-7H,1-2H2. The van der Waals surface area contributed by atoms with Crippen molar-refractivity contribution >= 4 is 12.6 Å². The van der Waals surface area contributed by atoms with Gasteiger partial charge in [0.05, 0.1) is 0 Å². The summed E-state index contributed by atoms with van der Waals surface area (Å²) in [6.45, 7) is 7.33. The fourth-order valence-electron chi connectivity index (χ4n) is 1.16. The third kappa shape index (κ3) is 1.45. The predicted molar refractivity (Wildman–Crippen MR) is 52.3 cm³/mol. The van der Waals surface area contributed by atoms with Gasteiger partial charge in [0.2, 0.25) is 0 Å². The molecule has 0 spiro atoms. The zero-order valence-corrected chi connectivity index (χ0v) is 7.19. The SMILES string of the molecule is C=C1OB(c2ccccc2)OC1=C. The van der Waals surface area contributed by atoms with Crippen molar-refractivity contribution in [3.05, 3.63) is 55.0 Å². The topological polar surface area (TPSA) is 18.5 Å². The van der Waals surface area contributed by atoms with E-state index in [1.807, 2.05) is 30.3 Å². The highest BCUT2D eigenvalue weighted by Gasteiger charge is 2.33. The van der Waals surface area contributed by atoms with E-state index in [4.69, 9.17) is 9.31 Å². The number of hydrogen-bond donors (Lipinski definition) is 0. The molecule has 3 heteroatoms. The molecule has 1 aliphatic rings. The Labute approximate surface area is 77.6 Å². The highest BCUT2D eigenvalue weighted by atomic mass is 16.6. The van der Waals surface area contributed by atoms with Crippen molar-refractivity contribution < 1.29 is 9.31 Å². The lowest BCUT2D eigenvalue weighted by molar-refractivity contribution is 0.431. The predicted octanol–water partition coefficient (Wildman–Crippen LogP) is 1.46. The molecule has 1 aliphatic heterocycles. The van der Waals surface area contributed by atoms with E-state index in [9.17, 15) is 0 Å². The molecule has 0 N–H and O–H groups in total. The third-order valence-corrected chi connectivity index (χ3v) is 1.88. The average Bonchev–Trinajstić information content (AvgIpc) is 2.49. The van der Waals surface area contributed by atoms with Gasteiger partial charge in [0.15, 0.2) is 0 Å². The highest BCUT2D eigenvalue weighted by Crippen LogP contribution is 2.19. The van der Waals surface area contributed by atoms with Gasteiger partial charge in [-0.2, -0.15) is 0 Å². The summed E-state index contributed by atoms with van der Waals surface area (Å²) in [5, 5.41) is 0. The minimum absolute atomic E-state index is 0.374. The second-order valence-corrected chi connectivity index (χ2v) is 2.82. The highest BCUT2D eigenvalue weighted by molar-refractivity contribution is 6.62. The molecule has 0 saturated carbocycles. The molecule has 0 amide bonds. The summed E-state index contributed by atoms with van der Waals surface area (Å²) in [6, 6.07) is 9.70. The largest absolute Gasteiger partial charge is 0.632 e. The van der Waals surface area contributed by atoms with Gasteiger partial charge in [-0.1, -0.05) is 43.5 Å². The lowest BCUT2D eigenvalue weighted by Gasteiger charge is -2.02. The minimum atomic E-state index is -0.374. The summed E-state index contributed by atoms with van der Waals surface area (Å²) >= 11 is 0. The lowest BCUT2D eigenvalue weighted by atomic mass is 9.80. The second kappa shape index (κ2) is 3.01. The van der Waals surface area contributed by atoms with E-state index in [1.165, 1.54) is 0 Å². The van der Waals surface area contributed by atoms with Crippen LogP contribution in [0.25, 0.3) is 0 Å². The second-order valence-electron chi connectivity index (χ2n) is 2.82. The quantitative estimate of drug-likeness (QED) is 0.597. The van der Waals surface area contributed by atoms with Gasteiger partial charge in [-0.3, -0.25) is 0 Å². The van der Waals surface area contributed by atoms with E-state index >= 15 is 0 Å². The molecular formula is C10H9BO2. The molecule has 1 fully saturated rings. The molecule has 13 heavy (non-hydrogen) atoms. The van der Waals surface area contributed by atoms with Gasteiger partial charge >= 0.3 is 7.12 Å². The zero-order chi connectivity index (χ0) is 9.26.